The summed E-state index contributed by atoms with van der Waals surface area (Å²) in [6.45, 7) is 1.89. The standard InChI is InChI=1S/C14H13F3N2O2S/c1-9-8-22-13(19-9)6-18-12(20)7-21-11-4-2-10(3-5-11)14(15,16)17/h2-5,8H,6-7H2,1H3,(H,18,20). The summed E-state index contributed by atoms with van der Waals surface area (Å²) < 4.78 is 42.3. The van der Waals surface area contributed by atoms with Crippen LogP contribution in [0.4, 0.5) is 13.2 Å². The lowest BCUT2D eigenvalue weighted by Gasteiger charge is -2.09. The quantitative estimate of drug-likeness (QED) is 0.916. The molecule has 0 bridgehead atoms. The number of rotatable bonds is 5. The maximum absolute atomic E-state index is 12.4. The minimum atomic E-state index is -4.39. The molecule has 0 radical (unpaired) electrons. The van der Waals surface area contributed by atoms with Crippen LogP contribution < -0.4 is 10.1 Å². The van der Waals surface area contributed by atoms with Crippen molar-refractivity contribution in [2.75, 3.05) is 6.61 Å². The molecule has 1 N–H and O–H groups in total. The third kappa shape index (κ3) is 4.73. The van der Waals surface area contributed by atoms with Gasteiger partial charge < -0.3 is 10.1 Å². The fourth-order valence-corrected chi connectivity index (χ4v) is 2.31. The maximum atomic E-state index is 12.4. The fraction of sp³-hybridized carbons (Fsp3) is 0.286. The van der Waals surface area contributed by atoms with Crippen molar-refractivity contribution in [2.24, 2.45) is 0 Å². The lowest BCUT2D eigenvalue weighted by molar-refractivity contribution is -0.137. The summed E-state index contributed by atoms with van der Waals surface area (Å²) in [5, 5.41) is 5.28. The monoisotopic (exact) mass is 330 g/mol. The van der Waals surface area contributed by atoms with Crippen molar-refractivity contribution in [1.82, 2.24) is 10.3 Å². The Balaban J connectivity index is 1.78. The van der Waals surface area contributed by atoms with Gasteiger partial charge in [-0.15, -0.1) is 11.3 Å². The molecule has 0 saturated carbocycles. The average Bonchev–Trinajstić information content (AvgIpc) is 2.88. The summed E-state index contributed by atoms with van der Waals surface area (Å²) in [6, 6.07) is 4.18. The number of carbonyl (C=O) groups excluding carboxylic acids is 1. The third-order valence-corrected chi connectivity index (χ3v) is 3.62. The summed E-state index contributed by atoms with van der Waals surface area (Å²) in [4.78, 5) is 15.8. The number of thiazole rings is 1. The Hall–Kier alpha value is -2.09. The maximum Gasteiger partial charge on any atom is 0.416 e. The molecule has 0 saturated heterocycles. The molecule has 0 fully saturated rings. The Morgan fingerprint density at radius 1 is 1.32 bits per heavy atom. The molecule has 2 aromatic rings. The van der Waals surface area contributed by atoms with Gasteiger partial charge in [0.05, 0.1) is 12.1 Å². The Kier molecular flexibility index (Phi) is 5.02. The highest BCUT2D eigenvalue weighted by molar-refractivity contribution is 7.09. The molecule has 22 heavy (non-hydrogen) atoms. The Morgan fingerprint density at radius 2 is 2.00 bits per heavy atom. The Bertz CT molecular complexity index is 638. The molecule has 1 heterocycles. The minimum Gasteiger partial charge on any atom is -0.484 e. The van der Waals surface area contributed by atoms with E-state index in [0.717, 1.165) is 22.8 Å². The number of benzene rings is 1. The van der Waals surface area contributed by atoms with Crippen LogP contribution in [0.3, 0.4) is 0 Å². The van der Waals surface area contributed by atoms with E-state index in [9.17, 15) is 18.0 Å². The van der Waals surface area contributed by atoms with Gasteiger partial charge in [0.15, 0.2) is 6.61 Å². The zero-order valence-electron chi connectivity index (χ0n) is 11.6. The van der Waals surface area contributed by atoms with E-state index in [0.29, 0.717) is 6.54 Å². The van der Waals surface area contributed by atoms with Gasteiger partial charge >= 0.3 is 6.18 Å². The van der Waals surface area contributed by atoms with Crippen molar-refractivity contribution >= 4 is 17.2 Å². The summed E-state index contributed by atoms with van der Waals surface area (Å²) in [6.07, 6.45) is -4.39. The van der Waals surface area contributed by atoms with E-state index in [1.165, 1.54) is 23.5 Å². The topological polar surface area (TPSA) is 51.2 Å². The van der Waals surface area contributed by atoms with Gasteiger partial charge in [-0.2, -0.15) is 13.2 Å². The largest absolute Gasteiger partial charge is 0.484 e. The number of amides is 1. The van der Waals surface area contributed by atoms with Crippen LogP contribution in [0.1, 0.15) is 16.3 Å². The molecule has 1 amide bonds. The predicted molar refractivity (Wildman–Crippen MR) is 75.6 cm³/mol. The van der Waals surface area contributed by atoms with E-state index in [4.69, 9.17) is 4.74 Å². The first kappa shape index (κ1) is 16.3. The number of ether oxygens (including phenoxy) is 1. The molecule has 118 valence electrons. The Morgan fingerprint density at radius 3 is 2.55 bits per heavy atom. The molecular weight excluding hydrogens is 317 g/mol. The highest BCUT2D eigenvalue weighted by Crippen LogP contribution is 2.30. The lowest BCUT2D eigenvalue weighted by atomic mass is 10.2. The van der Waals surface area contributed by atoms with E-state index < -0.39 is 11.7 Å². The second-order valence-corrected chi connectivity index (χ2v) is 5.41. The number of halogens is 3. The van der Waals surface area contributed by atoms with Crippen LogP contribution in [-0.4, -0.2) is 17.5 Å². The van der Waals surface area contributed by atoms with Gasteiger partial charge in [0, 0.05) is 11.1 Å². The molecule has 0 aliphatic heterocycles. The first-order chi connectivity index (χ1) is 10.3. The van der Waals surface area contributed by atoms with Crippen LogP contribution in [0, 0.1) is 6.92 Å². The van der Waals surface area contributed by atoms with Gasteiger partial charge in [0.25, 0.3) is 5.91 Å². The first-order valence-electron chi connectivity index (χ1n) is 6.32. The third-order valence-electron chi connectivity index (χ3n) is 2.65. The van der Waals surface area contributed by atoms with E-state index in [2.05, 4.69) is 10.3 Å². The molecule has 1 aromatic heterocycles. The number of hydrogen-bond donors (Lipinski definition) is 1. The number of hydrogen-bond acceptors (Lipinski definition) is 4. The van der Waals surface area contributed by atoms with Crippen LogP contribution in [0.5, 0.6) is 5.75 Å². The predicted octanol–water partition coefficient (Wildman–Crippen LogP) is 3.17. The smallest absolute Gasteiger partial charge is 0.416 e. The molecule has 4 nitrogen and oxygen atoms in total. The average molecular weight is 330 g/mol. The molecule has 0 unspecified atom stereocenters. The van der Waals surface area contributed by atoms with Crippen molar-refractivity contribution in [3.63, 3.8) is 0 Å². The van der Waals surface area contributed by atoms with Crippen molar-refractivity contribution in [3.05, 3.63) is 45.9 Å². The second-order valence-electron chi connectivity index (χ2n) is 4.47. The molecule has 1 aromatic carbocycles. The van der Waals surface area contributed by atoms with Crippen molar-refractivity contribution in [1.29, 1.82) is 0 Å². The highest BCUT2D eigenvalue weighted by atomic mass is 32.1. The van der Waals surface area contributed by atoms with Crippen molar-refractivity contribution in [3.8, 4) is 5.75 Å². The van der Waals surface area contributed by atoms with E-state index in [1.54, 1.807) is 0 Å². The Labute approximate surface area is 128 Å². The van der Waals surface area contributed by atoms with Crippen molar-refractivity contribution < 1.29 is 22.7 Å². The fourth-order valence-electron chi connectivity index (χ4n) is 1.60. The molecular formula is C14H13F3N2O2S. The van der Waals surface area contributed by atoms with E-state index in [1.807, 2.05) is 12.3 Å². The van der Waals surface area contributed by atoms with Crippen LogP contribution in [0.15, 0.2) is 29.6 Å². The highest BCUT2D eigenvalue weighted by Gasteiger charge is 2.30. The number of aromatic nitrogens is 1. The molecule has 0 atom stereocenters. The van der Waals surface area contributed by atoms with Crippen LogP contribution in [0.25, 0.3) is 0 Å². The van der Waals surface area contributed by atoms with Gasteiger partial charge in [-0.25, -0.2) is 4.98 Å². The number of nitrogens with one attached hydrogen (secondary N) is 1. The van der Waals surface area contributed by atoms with Gasteiger partial charge in [0.2, 0.25) is 0 Å². The van der Waals surface area contributed by atoms with Gasteiger partial charge in [-0.1, -0.05) is 0 Å². The lowest BCUT2D eigenvalue weighted by Crippen LogP contribution is -2.28. The number of nitrogens with zero attached hydrogens (tertiary/aromatic N) is 1. The number of aryl methyl sites for hydroxylation is 1. The van der Waals surface area contributed by atoms with Crippen LogP contribution in [0.2, 0.25) is 0 Å². The van der Waals surface area contributed by atoms with Gasteiger partial charge in [0.1, 0.15) is 10.8 Å². The van der Waals surface area contributed by atoms with E-state index in [-0.39, 0.29) is 18.3 Å². The van der Waals surface area contributed by atoms with E-state index >= 15 is 0 Å². The SMILES string of the molecule is Cc1csc(CNC(=O)COc2ccc(C(F)(F)F)cc2)n1. The summed E-state index contributed by atoms with van der Waals surface area (Å²) >= 11 is 1.44. The molecule has 2 rings (SSSR count). The number of carbonyl (C=O) groups is 1. The summed E-state index contributed by atoms with van der Waals surface area (Å²) in [5.41, 5.74) is 0.124. The molecule has 0 aliphatic rings. The first-order valence-corrected chi connectivity index (χ1v) is 7.20. The minimum absolute atomic E-state index is 0.202. The molecule has 0 aliphatic carbocycles. The summed E-state index contributed by atoms with van der Waals surface area (Å²) in [5.74, 6) is -0.166. The van der Waals surface area contributed by atoms with Gasteiger partial charge in [-0.05, 0) is 31.2 Å². The number of alkyl halides is 3. The summed E-state index contributed by atoms with van der Waals surface area (Å²) in [7, 11) is 0. The van der Waals surface area contributed by atoms with Crippen molar-refractivity contribution in [2.45, 2.75) is 19.6 Å². The van der Waals surface area contributed by atoms with Crippen LogP contribution >= 0.6 is 11.3 Å². The van der Waals surface area contributed by atoms with Crippen LogP contribution in [-0.2, 0) is 17.5 Å². The normalized spacial score (nSPS) is 11.3. The van der Waals surface area contributed by atoms with Gasteiger partial charge in [-0.3, -0.25) is 4.79 Å². The zero-order valence-corrected chi connectivity index (χ0v) is 12.4. The zero-order chi connectivity index (χ0) is 16.2. The molecule has 8 heteroatoms. The molecule has 0 spiro atoms. The second kappa shape index (κ2) is 6.78.